The summed E-state index contributed by atoms with van der Waals surface area (Å²) in [7, 11) is 2.12. The minimum atomic E-state index is -4.64. The van der Waals surface area contributed by atoms with Crippen molar-refractivity contribution in [2.24, 2.45) is 5.41 Å². The Balaban J connectivity index is 1.37. The summed E-state index contributed by atoms with van der Waals surface area (Å²) in [5.74, 6) is -0.669. The lowest BCUT2D eigenvalue weighted by Crippen LogP contribution is -2.39. The zero-order chi connectivity index (χ0) is 24.5. The molecular formula is C24H24F4N6O. The van der Waals surface area contributed by atoms with Crippen LogP contribution in [0.25, 0.3) is 28.0 Å². The first-order chi connectivity index (χ1) is 16.6. The Kier molecular flexibility index (Phi) is 4.86. The molecule has 0 atom stereocenters. The van der Waals surface area contributed by atoms with E-state index in [4.69, 9.17) is 4.42 Å². The molecule has 0 unspecified atom stereocenters. The van der Waals surface area contributed by atoms with E-state index in [0.717, 1.165) is 62.1 Å². The summed E-state index contributed by atoms with van der Waals surface area (Å²) in [5, 5.41) is 4.25. The fraction of sp³-hybridized carbons (Fsp3) is 0.458. The van der Waals surface area contributed by atoms with Crippen molar-refractivity contribution in [1.82, 2.24) is 24.5 Å². The molecule has 6 rings (SSSR count). The van der Waals surface area contributed by atoms with Gasteiger partial charge < -0.3 is 14.2 Å². The van der Waals surface area contributed by atoms with Crippen LogP contribution < -0.4 is 4.90 Å². The van der Waals surface area contributed by atoms with Crippen molar-refractivity contribution in [1.29, 1.82) is 0 Å². The van der Waals surface area contributed by atoms with Gasteiger partial charge in [-0.1, -0.05) is 0 Å². The molecule has 35 heavy (non-hydrogen) atoms. The van der Waals surface area contributed by atoms with Gasteiger partial charge in [-0.2, -0.15) is 23.3 Å². The number of benzene rings is 1. The number of aromatic nitrogens is 4. The van der Waals surface area contributed by atoms with Crippen LogP contribution in [0.15, 0.2) is 28.8 Å². The predicted octanol–water partition coefficient (Wildman–Crippen LogP) is 4.93. The third-order valence-electron chi connectivity index (χ3n) is 7.34. The lowest BCUT2D eigenvalue weighted by Gasteiger charge is -2.37. The van der Waals surface area contributed by atoms with Crippen LogP contribution in [0.5, 0.6) is 0 Å². The third-order valence-corrected chi connectivity index (χ3v) is 7.34. The summed E-state index contributed by atoms with van der Waals surface area (Å²) in [5.41, 5.74) is -0.242. The number of likely N-dealkylation sites (tertiary alicyclic amines) is 1. The Labute approximate surface area is 198 Å². The Hall–Kier alpha value is -3.21. The average molecular weight is 488 g/mol. The molecule has 2 fully saturated rings. The molecule has 7 nitrogen and oxygen atoms in total. The minimum absolute atomic E-state index is 0.0348. The quantitative estimate of drug-likeness (QED) is 0.373. The van der Waals surface area contributed by atoms with Crippen LogP contribution in [0, 0.1) is 18.2 Å². The number of rotatable bonds is 2. The van der Waals surface area contributed by atoms with Gasteiger partial charge in [-0.05, 0) is 69.9 Å². The summed E-state index contributed by atoms with van der Waals surface area (Å²) < 4.78 is 63.2. The molecule has 2 aliphatic heterocycles. The number of hydrogen-bond acceptors (Lipinski definition) is 6. The second-order valence-corrected chi connectivity index (χ2v) is 9.87. The fourth-order valence-corrected chi connectivity index (χ4v) is 5.30. The molecule has 0 bridgehead atoms. The van der Waals surface area contributed by atoms with Gasteiger partial charge in [0.25, 0.3) is 6.01 Å². The number of anilines is 1. The van der Waals surface area contributed by atoms with Crippen LogP contribution in [-0.4, -0.2) is 57.7 Å². The van der Waals surface area contributed by atoms with Crippen LogP contribution in [-0.2, 0) is 6.18 Å². The third kappa shape index (κ3) is 3.81. The van der Waals surface area contributed by atoms with Crippen molar-refractivity contribution in [3.63, 3.8) is 0 Å². The number of alkyl halides is 3. The van der Waals surface area contributed by atoms with Gasteiger partial charge in [0.2, 0.25) is 0 Å². The maximum Gasteiger partial charge on any atom is 0.420 e. The van der Waals surface area contributed by atoms with Gasteiger partial charge >= 0.3 is 6.18 Å². The Morgan fingerprint density at radius 3 is 2.51 bits per heavy atom. The first-order valence-electron chi connectivity index (χ1n) is 11.6. The normalized spacial score (nSPS) is 19.0. The van der Waals surface area contributed by atoms with Crippen molar-refractivity contribution >= 4 is 22.8 Å². The average Bonchev–Trinajstić information content (AvgIpc) is 3.50. The molecular weight excluding hydrogens is 464 g/mol. The summed E-state index contributed by atoms with van der Waals surface area (Å²) in [6, 6.07) is 3.88. The van der Waals surface area contributed by atoms with Crippen LogP contribution in [0.3, 0.4) is 0 Å². The van der Waals surface area contributed by atoms with Gasteiger partial charge in [0, 0.05) is 18.7 Å². The Morgan fingerprint density at radius 2 is 1.77 bits per heavy atom. The summed E-state index contributed by atoms with van der Waals surface area (Å²) >= 11 is 0. The van der Waals surface area contributed by atoms with Crippen molar-refractivity contribution in [2.75, 3.05) is 38.1 Å². The number of aryl methyl sites for hydroxylation is 1. The smallest absolute Gasteiger partial charge is 0.420 e. The maximum absolute atomic E-state index is 15.1. The van der Waals surface area contributed by atoms with E-state index >= 15 is 4.39 Å². The molecule has 0 radical (unpaired) electrons. The zero-order valence-corrected chi connectivity index (χ0v) is 19.4. The second-order valence-electron chi connectivity index (χ2n) is 9.87. The van der Waals surface area contributed by atoms with Crippen LogP contribution >= 0.6 is 0 Å². The van der Waals surface area contributed by atoms with E-state index in [2.05, 4.69) is 27.0 Å². The Bertz CT molecular complexity index is 1430. The highest BCUT2D eigenvalue weighted by Crippen LogP contribution is 2.42. The van der Waals surface area contributed by atoms with Crippen molar-refractivity contribution in [3.8, 4) is 11.3 Å². The lowest BCUT2D eigenvalue weighted by atomic mass is 9.78. The second kappa shape index (κ2) is 7.64. The highest BCUT2D eigenvalue weighted by Gasteiger charge is 2.41. The first-order valence-corrected chi connectivity index (χ1v) is 11.6. The largest absolute Gasteiger partial charge is 0.423 e. The maximum atomic E-state index is 15.1. The molecule has 184 valence electrons. The van der Waals surface area contributed by atoms with Crippen molar-refractivity contribution in [2.45, 2.75) is 32.4 Å². The van der Waals surface area contributed by atoms with E-state index in [1.165, 1.54) is 12.3 Å². The van der Waals surface area contributed by atoms with Gasteiger partial charge in [0.15, 0.2) is 17.0 Å². The summed E-state index contributed by atoms with van der Waals surface area (Å²) in [6.45, 7) is 5.26. The molecule has 1 spiro atoms. The molecule has 4 aromatic rings. The number of oxazole rings is 1. The number of hydrogen-bond donors (Lipinski definition) is 0. The van der Waals surface area contributed by atoms with Gasteiger partial charge in [-0.25, -0.2) is 13.9 Å². The van der Waals surface area contributed by atoms with E-state index in [9.17, 15) is 13.2 Å². The molecule has 3 aromatic heterocycles. The van der Waals surface area contributed by atoms with E-state index in [-0.39, 0.29) is 33.4 Å². The first kappa shape index (κ1) is 22.3. The summed E-state index contributed by atoms with van der Waals surface area (Å²) in [6.07, 6.45) is -0.00770. The van der Waals surface area contributed by atoms with Crippen molar-refractivity contribution < 1.29 is 22.0 Å². The fourth-order valence-electron chi connectivity index (χ4n) is 5.30. The van der Waals surface area contributed by atoms with Gasteiger partial charge in [-0.15, -0.1) is 0 Å². The highest BCUT2D eigenvalue weighted by atomic mass is 19.4. The zero-order valence-electron chi connectivity index (χ0n) is 19.4. The molecule has 0 aliphatic carbocycles. The molecule has 2 saturated heterocycles. The standard InChI is InChI=1S/C24H24F4N6O/c1-14-12-34-21(29-14)16(24(26,27)28)11-18(31-34)15-9-17(25)20-19(10-15)35-22(30-20)33-8-5-23(13-33)3-6-32(2)7-4-23/h9-12H,3-8,13H2,1-2H3. The van der Waals surface area contributed by atoms with Crippen LogP contribution in [0.4, 0.5) is 23.6 Å². The highest BCUT2D eigenvalue weighted by molar-refractivity contribution is 5.81. The topological polar surface area (TPSA) is 62.7 Å². The molecule has 5 heterocycles. The SMILES string of the molecule is Cc1cn2nc(-c3cc(F)c4nc(N5CCC6(CCN(C)CC6)C5)oc4c3)cc(C(F)(F)F)c2n1. The molecule has 0 saturated carbocycles. The summed E-state index contributed by atoms with van der Waals surface area (Å²) in [4.78, 5) is 12.7. The minimum Gasteiger partial charge on any atom is -0.423 e. The van der Waals surface area contributed by atoms with Gasteiger partial charge in [0.05, 0.1) is 17.6 Å². The van der Waals surface area contributed by atoms with Gasteiger partial charge in [0.1, 0.15) is 11.1 Å². The van der Waals surface area contributed by atoms with E-state index in [0.29, 0.717) is 11.7 Å². The monoisotopic (exact) mass is 488 g/mol. The number of nitrogens with zero attached hydrogens (tertiary/aromatic N) is 6. The molecule has 11 heteroatoms. The number of fused-ring (bicyclic) bond motifs is 2. The molecule has 0 amide bonds. The predicted molar refractivity (Wildman–Crippen MR) is 122 cm³/mol. The van der Waals surface area contributed by atoms with E-state index in [1.807, 2.05) is 4.90 Å². The lowest BCUT2D eigenvalue weighted by molar-refractivity contribution is -0.136. The number of halogens is 4. The van der Waals surface area contributed by atoms with E-state index in [1.54, 1.807) is 6.92 Å². The number of imidazole rings is 1. The van der Waals surface area contributed by atoms with Gasteiger partial charge in [-0.3, -0.25) is 0 Å². The van der Waals surface area contributed by atoms with Crippen LogP contribution in [0.2, 0.25) is 0 Å². The molecule has 2 aliphatic rings. The van der Waals surface area contributed by atoms with E-state index < -0.39 is 17.6 Å². The van der Waals surface area contributed by atoms with Crippen molar-refractivity contribution in [3.05, 3.63) is 41.5 Å². The molecule has 1 aromatic carbocycles. The Morgan fingerprint density at radius 1 is 1.03 bits per heavy atom. The molecule has 0 N–H and O–H groups in total. The van der Waals surface area contributed by atoms with Crippen LogP contribution in [0.1, 0.15) is 30.5 Å². The number of piperidine rings is 1.